The first-order valence-corrected chi connectivity index (χ1v) is 13.4. The van der Waals surface area contributed by atoms with E-state index in [0.717, 1.165) is 32.7 Å². The summed E-state index contributed by atoms with van der Waals surface area (Å²) in [6.45, 7) is 0. The van der Waals surface area contributed by atoms with Crippen LogP contribution in [0.1, 0.15) is 10.4 Å². The molecule has 2 N–H and O–H groups in total. The Morgan fingerprint density at radius 3 is 2.57 bits per heavy atom. The number of aromatic nitrogens is 1. The molecule has 1 heterocycles. The fourth-order valence-corrected chi connectivity index (χ4v) is 5.29. The summed E-state index contributed by atoms with van der Waals surface area (Å²) in [7, 11) is 1.62. The van der Waals surface area contributed by atoms with Crippen molar-refractivity contribution in [3.8, 4) is 17.0 Å². The molecule has 6 nitrogen and oxygen atoms in total. The normalized spacial score (nSPS) is 10.7. The predicted molar refractivity (Wildman–Crippen MR) is 152 cm³/mol. The van der Waals surface area contributed by atoms with E-state index < -0.39 is 0 Å². The van der Waals surface area contributed by atoms with Crippen LogP contribution in [0.3, 0.4) is 0 Å². The van der Waals surface area contributed by atoms with Gasteiger partial charge >= 0.3 is 0 Å². The number of anilines is 2. The van der Waals surface area contributed by atoms with E-state index in [2.05, 4.69) is 15.6 Å². The molecule has 1 aromatic heterocycles. The molecule has 5 aromatic rings. The van der Waals surface area contributed by atoms with Crippen molar-refractivity contribution in [2.24, 2.45) is 0 Å². The number of ether oxygens (including phenoxy) is 1. The Morgan fingerprint density at radius 2 is 1.70 bits per heavy atom. The topological polar surface area (TPSA) is 80.3 Å². The molecule has 0 spiro atoms. The summed E-state index contributed by atoms with van der Waals surface area (Å²) in [6, 6.07) is 28.7. The van der Waals surface area contributed by atoms with E-state index in [1.165, 1.54) is 23.1 Å². The molecule has 8 heteroatoms. The first-order chi connectivity index (χ1) is 18.1. The number of methoxy groups -OCH3 is 1. The third-order valence-electron chi connectivity index (χ3n) is 5.61. The first-order valence-electron chi connectivity index (χ1n) is 11.5. The number of nitrogens with zero attached hydrogens (tertiary/aromatic N) is 1. The minimum Gasteiger partial charge on any atom is -0.496 e. The van der Waals surface area contributed by atoms with Crippen LogP contribution >= 0.6 is 23.1 Å². The number of rotatable bonds is 8. The fourth-order valence-electron chi connectivity index (χ4n) is 3.81. The molecule has 0 fully saturated rings. The van der Waals surface area contributed by atoms with Crippen LogP contribution in [0.25, 0.3) is 22.0 Å². The summed E-state index contributed by atoms with van der Waals surface area (Å²) >= 11 is 2.76. The molecule has 4 aromatic carbocycles. The van der Waals surface area contributed by atoms with Crippen LogP contribution < -0.4 is 15.4 Å². The van der Waals surface area contributed by atoms with Gasteiger partial charge in [0.2, 0.25) is 5.91 Å². The Balaban J connectivity index is 1.18. The summed E-state index contributed by atoms with van der Waals surface area (Å²) in [5.74, 6) is 0.608. The number of hydrogen-bond donors (Lipinski definition) is 2. The second-order valence-corrected chi connectivity index (χ2v) is 10.0. The van der Waals surface area contributed by atoms with E-state index in [0.29, 0.717) is 16.4 Å². The first kappa shape index (κ1) is 24.5. The van der Waals surface area contributed by atoms with Gasteiger partial charge in [-0.1, -0.05) is 48.5 Å². The van der Waals surface area contributed by atoms with Crippen molar-refractivity contribution in [2.45, 2.75) is 4.90 Å². The van der Waals surface area contributed by atoms with Gasteiger partial charge in [-0.25, -0.2) is 4.98 Å². The smallest absolute Gasteiger partial charge is 0.255 e. The Bertz CT molecular complexity index is 1580. The fraction of sp³-hybridized carbons (Fsp3) is 0.0690. The van der Waals surface area contributed by atoms with Crippen molar-refractivity contribution in [1.29, 1.82) is 0 Å². The number of carbonyl (C=O) groups excluding carboxylic acids is 2. The van der Waals surface area contributed by atoms with Gasteiger partial charge in [-0.3, -0.25) is 9.59 Å². The molecule has 5 rings (SSSR count). The molecular formula is C29H23N3O3S2. The van der Waals surface area contributed by atoms with Gasteiger partial charge in [0.1, 0.15) is 5.75 Å². The Kier molecular flexibility index (Phi) is 7.49. The number of para-hydroxylation sites is 1. The van der Waals surface area contributed by atoms with Crippen LogP contribution in [0, 0.1) is 0 Å². The van der Waals surface area contributed by atoms with Crippen LogP contribution in [0.5, 0.6) is 5.75 Å². The van der Waals surface area contributed by atoms with Crippen molar-refractivity contribution in [2.75, 3.05) is 23.5 Å². The molecule has 0 atom stereocenters. The van der Waals surface area contributed by atoms with E-state index in [4.69, 9.17) is 4.74 Å². The average molecular weight is 526 g/mol. The maximum atomic E-state index is 12.8. The highest BCUT2D eigenvalue weighted by Crippen LogP contribution is 2.32. The second kappa shape index (κ2) is 11.3. The molecule has 0 aliphatic carbocycles. The van der Waals surface area contributed by atoms with Gasteiger partial charge in [-0.2, -0.15) is 0 Å². The van der Waals surface area contributed by atoms with Crippen LogP contribution in [-0.4, -0.2) is 29.7 Å². The van der Waals surface area contributed by atoms with E-state index >= 15 is 0 Å². The molecule has 0 aliphatic rings. The monoisotopic (exact) mass is 525 g/mol. The Labute approximate surface area is 222 Å². The van der Waals surface area contributed by atoms with Crippen molar-refractivity contribution in [1.82, 2.24) is 4.98 Å². The number of fused-ring (bicyclic) bond motifs is 1. The minimum absolute atomic E-state index is 0.156. The predicted octanol–water partition coefficient (Wildman–Crippen LogP) is 6.96. The van der Waals surface area contributed by atoms with E-state index in [1.807, 2.05) is 96.4 Å². The lowest BCUT2D eigenvalue weighted by atomic mass is 10.1. The lowest BCUT2D eigenvalue weighted by molar-refractivity contribution is -0.113. The van der Waals surface area contributed by atoms with Crippen LogP contribution in [-0.2, 0) is 4.79 Å². The number of thiazole rings is 1. The van der Waals surface area contributed by atoms with Crippen LogP contribution in [0.15, 0.2) is 101 Å². The Morgan fingerprint density at radius 1 is 0.892 bits per heavy atom. The van der Waals surface area contributed by atoms with Gasteiger partial charge in [0.05, 0.1) is 18.6 Å². The number of hydrogen-bond acceptors (Lipinski definition) is 6. The molecular weight excluding hydrogens is 502 g/mol. The molecule has 184 valence electrons. The second-order valence-electron chi connectivity index (χ2n) is 8.12. The molecule has 0 saturated heterocycles. The van der Waals surface area contributed by atoms with Crippen molar-refractivity contribution in [3.63, 3.8) is 0 Å². The summed E-state index contributed by atoms with van der Waals surface area (Å²) in [6.07, 6.45) is 0. The lowest BCUT2D eigenvalue weighted by Gasteiger charge is -2.08. The van der Waals surface area contributed by atoms with Crippen molar-refractivity contribution in [3.05, 3.63) is 102 Å². The number of thioether (sulfide) groups is 1. The quantitative estimate of drug-likeness (QED) is 0.214. The maximum Gasteiger partial charge on any atom is 0.255 e. The largest absolute Gasteiger partial charge is 0.496 e. The van der Waals surface area contributed by atoms with Gasteiger partial charge in [0.15, 0.2) is 5.13 Å². The molecule has 0 saturated carbocycles. The van der Waals surface area contributed by atoms with Gasteiger partial charge in [-0.15, -0.1) is 23.1 Å². The number of benzene rings is 4. The number of nitrogens with one attached hydrogen (secondary N) is 2. The van der Waals surface area contributed by atoms with Crippen molar-refractivity contribution >= 4 is 56.5 Å². The van der Waals surface area contributed by atoms with Crippen LogP contribution in [0.4, 0.5) is 10.8 Å². The van der Waals surface area contributed by atoms with Gasteiger partial charge in [0.25, 0.3) is 5.91 Å². The molecule has 0 bridgehead atoms. The standard InChI is InChI=1S/C29H23N3O3S2/c1-35-26-12-5-4-11-24(26)25-17-37-29(31-25)32-27(33)18-36-23-10-6-9-22(16-23)30-28(34)21-14-13-19-7-2-3-8-20(19)15-21/h2-17H,18H2,1H3,(H,30,34)(H,31,32,33). The summed E-state index contributed by atoms with van der Waals surface area (Å²) in [5, 5.41) is 10.3. The molecule has 0 aliphatic heterocycles. The summed E-state index contributed by atoms with van der Waals surface area (Å²) < 4.78 is 5.40. The highest BCUT2D eigenvalue weighted by molar-refractivity contribution is 8.00. The third kappa shape index (κ3) is 5.99. The van der Waals surface area contributed by atoms with Crippen molar-refractivity contribution < 1.29 is 14.3 Å². The SMILES string of the molecule is COc1ccccc1-c1csc(NC(=O)CSc2cccc(NC(=O)c3ccc4ccccc4c3)c2)n1. The zero-order valence-corrected chi connectivity index (χ0v) is 21.6. The number of amides is 2. The summed E-state index contributed by atoms with van der Waals surface area (Å²) in [5.41, 5.74) is 2.89. The van der Waals surface area contributed by atoms with Gasteiger partial charge in [-0.05, 0) is 53.2 Å². The zero-order valence-electron chi connectivity index (χ0n) is 19.9. The highest BCUT2D eigenvalue weighted by Gasteiger charge is 2.12. The molecule has 37 heavy (non-hydrogen) atoms. The molecule has 2 amide bonds. The highest BCUT2D eigenvalue weighted by atomic mass is 32.2. The van der Waals surface area contributed by atoms with Gasteiger partial charge in [0, 0.05) is 27.1 Å². The minimum atomic E-state index is -0.180. The van der Waals surface area contributed by atoms with Crippen LogP contribution in [0.2, 0.25) is 0 Å². The summed E-state index contributed by atoms with van der Waals surface area (Å²) in [4.78, 5) is 30.7. The maximum absolute atomic E-state index is 12.8. The third-order valence-corrected chi connectivity index (χ3v) is 7.36. The number of carbonyl (C=O) groups is 2. The van der Waals surface area contributed by atoms with E-state index in [1.54, 1.807) is 7.11 Å². The zero-order chi connectivity index (χ0) is 25.6. The Hall–Kier alpha value is -4.14. The average Bonchev–Trinajstić information content (AvgIpc) is 3.40. The molecule has 0 unspecified atom stereocenters. The molecule has 0 radical (unpaired) electrons. The van der Waals surface area contributed by atoms with E-state index in [9.17, 15) is 9.59 Å². The van der Waals surface area contributed by atoms with E-state index in [-0.39, 0.29) is 17.6 Å². The van der Waals surface area contributed by atoms with Gasteiger partial charge < -0.3 is 15.4 Å². The lowest BCUT2D eigenvalue weighted by Crippen LogP contribution is -2.14.